The number of nitrogens with zero attached hydrogens (tertiary/aromatic N) is 4. The Kier molecular flexibility index (Phi) is 7.64. The van der Waals surface area contributed by atoms with Crippen LogP contribution in [0.3, 0.4) is 0 Å². The molecule has 0 saturated heterocycles. The molecule has 0 aliphatic heterocycles. The number of rotatable bonds is 6. The lowest BCUT2D eigenvalue weighted by Crippen LogP contribution is -2.01. The minimum Gasteiger partial charge on any atom is -0.309 e. The first-order valence-corrected chi connectivity index (χ1v) is 19.6. The van der Waals surface area contributed by atoms with E-state index in [0.29, 0.717) is 17.5 Å². The zero-order chi connectivity index (χ0) is 37.0. The molecule has 3 aromatic heterocycles. The third-order valence-corrected chi connectivity index (χ3v) is 11.9. The Bertz CT molecular complexity index is 3200. The normalized spacial score (nSPS) is 11.6. The van der Waals surface area contributed by atoms with E-state index in [9.17, 15) is 0 Å². The molecular formula is C51H32N4S. The van der Waals surface area contributed by atoms with Gasteiger partial charge >= 0.3 is 0 Å². The minimum atomic E-state index is 0.636. The SMILES string of the molecule is c1ccc(-c2ccccc2-c2nc(-c3ccc(-c4cccc(-n5c6ccccc6c6ccccc65)c4)cc3)nc(-c3cccc4c3sc3ccccc34)n2)cc1. The van der Waals surface area contributed by atoms with E-state index in [1.165, 1.54) is 42.0 Å². The van der Waals surface area contributed by atoms with Gasteiger partial charge in [0.1, 0.15) is 0 Å². The summed E-state index contributed by atoms with van der Waals surface area (Å²) in [5.41, 5.74) is 10.9. The second-order valence-electron chi connectivity index (χ2n) is 14.0. The van der Waals surface area contributed by atoms with Crippen molar-refractivity contribution in [1.29, 1.82) is 0 Å². The van der Waals surface area contributed by atoms with E-state index < -0.39 is 0 Å². The fourth-order valence-electron chi connectivity index (χ4n) is 8.05. The van der Waals surface area contributed by atoms with Crippen LogP contribution in [0.15, 0.2) is 194 Å². The van der Waals surface area contributed by atoms with Crippen molar-refractivity contribution >= 4 is 53.3 Å². The van der Waals surface area contributed by atoms with Gasteiger partial charge in [-0.25, -0.2) is 15.0 Å². The zero-order valence-electron chi connectivity index (χ0n) is 30.2. The van der Waals surface area contributed by atoms with Crippen LogP contribution in [-0.2, 0) is 0 Å². The van der Waals surface area contributed by atoms with Crippen molar-refractivity contribution in [2.45, 2.75) is 0 Å². The maximum atomic E-state index is 5.23. The third kappa shape index (κ3) is 5.40. The maximum Gasteiger partial charge on any atom is 0.165 e. The van der Waals surface area contributed by atoms with Gasteiger partial charge in [-0.2, -0.15) is 0 Å². The molecule has 0 atom stereocenters. The van der Waals surface area contributed by atoms with Gasteiger partial charge in [-0.05, 0) is 58.7 Å². The topological polar surface area (TPSA) is 43.6 Å². The third-order valence-electron chi connectivity index (χ3n) is 10.7. The highest BCUT2D eigenvalue weighted by atomic mass is 32.1. The molecule has 0 bridgehead atoms. The highest BCUT2D eigenvalue weighted by Crippen LogP contribution is 2.40. The highest BCUT2D eigenvalue weighted by Gasteiger charge is 2.19. The molecule has 262 valence electrons. The molecule has 0 radical (unpaired) electrons. The smallest absolute Gasteiger partial charge is 0.165 e. The molecule has 4 nitrogen and oxygen atoms in total. The van der Waals surface area contributed by atoms with Crippen LogP contribution in [-0.4, -0.2) is 19.5 Å². The van der Waals surface area contributed by atoms with Crippen molar-refractivity contribution in [3.63, 3.8) is 0 Å². The molecule has 0 aliphatic carbocycles. The van der Waals surface area contributed by atoms with E-state index in [0.717, 1.165) is 44.6 Å². The van der Waals surface area contributed by atoms with Gasteiger partial charge in [0.2, 0.25) is 0 Å². The summed E-state index contributed by atoms with van der Waals surface area (Å²) in [5.74, 6) is 1.94. The number of aromatic nitrogens is 4. The molecular weight excluding hydrogens is 701 g/mol. The molecule has 3 heterocycles. The lowest BCUT2D eigenvalue weighted by atomic mass is 9.99. The van der Waals surface area contributed by atoms with E-state index in [4.69, 9.17) is 15.0 Å². The van der Waals surface area contributed by atoms with Crippen molar-refractivity contribution < 1.29 is 0 Å². The lowest BCUT2D eigenvalue weighted by Gasteiger charge is -2.13. The van der Waals surface area contributed by atoms with Gasteiger partial charge in [0.25, 0.3) is 0 Å². The van der Waals surface area contributed by atoms with Crippen molar-refractivity contribution in [2.24, 2.45) is 0 Å². The molecule has 0 N–H and O–H groups in total. The van der Waals surface area contributed by atoms with Crippen LogP contribution in [0, 0.1) is 0 Å². The average molecular weight is 733 g/mol. The molecule has 0 amide bonds. The van der Waals surface area contributed by atoms with Gasteiger partial charge < -0.3 is 4.57 Å². The monoisotopic (exact) mass is 732 g/mol. The molecule has 56 heavy (non-hydrogen) atoms. The quantitative estimate of drug-likeness (QED) is 0.171. The Balaban J connectivity index is 1.04. The Morgan fingerprint density at radius 1 is 0.339 bits per heavy atom. The Morgan fingerprint density at radius 2 is 0.875 bits per heavy atom. The van der Waals surface area contributed by atoms with Gasteiger partial charge in [-0.3, -0.25) is 0 Å². The van der Waals surface area contributed by atoms with Gasteiger partial charge in [-0.15, -0.1) is 11.3 Å². The fourth-order valence-corrected chi connectivity index (χ4v) is 9.27. The van der Waals surface area contributed by atoms with Crippen LogP contribution >= 0.6 is 11.3 Å². The van der Waals surface area contributed by atoms with Gasteiger partial charge in [0.05, 0.1) is 11.0 Å². The van der Waals surface area contributed by atoms with Crippen LogP contribution < -0.4 is 0 Å². The first-order valence-electron chi connectivity index (χ1n) is 18.8. The summed E-state index contributed by atoms with van der Waals surface area (Å²) in [6, 6.07) is 68.5. The second-order valence-corrected chi connectivity index (χ2v) is 15.0. The van der Waals surface area contributed by atoms with Gasteiger partial charge in [-0.1, -0.05) is 158 Å². The lowest BCUT2D eigenvalue weighted by molar-refractivity contribution is 1.08. The van der Waals surface area contributed by atoms with Crippen LogP contribution in [0.2, 0.25) is 0 Å². The van der Waals surface area contributed by atoms with Crippen molar-refractivity contribution in [3.8, 4) is 62.1 Å². The first-order chi connectivity index (χ1) is 27.8. The Labute approximate surface area is 327 Å². The number of thiophene rings is 1. The van der Waals surface area contributed by atoms with E-state index in [1.807, 2.05) is 6.07 Å². The summed E-state index contributed by atoms with van der Waals surface area (Å²) in [5, 5.41) is 4.97. The fraction of sp³-hybridized carbons (Fsp3) is 0. The predicted octanol–water partition coefficient (Wildman–Crippen LogP) is 13.7. The molecule has 11 rings (SSSR count). The van der Waals surface area contributed by atoms with Crippen molar-refractivity contribution in [3.05, 3.63) is 194 Å². The van der Waals surface area contributed by atoms with Gasteiger partial charge in [0.15, 0.2) is 17.5 Å². The predicted molar refractivity (Wildman–Crippen MR) is 234 cm³/mol. The van der Waals surface area contributed by atoms with E-state index in [2.05, 4.69) is 193 Å². The summed E-state index contributed by atoms with van der Waals surface area (Å²) < 4.78 is 4.78. The number of hydrogen-bond acceptors (Lipinski definition) is 4. The van der Waals surface area contributed by atoms with Crippen LogP contribution in [0.5, 0.6) is 0 Å². The van der Waals surface area contributed by atoms with E-state index in [-0.39, 0.29) is 0 Å². The standard InChI is InChI=1S/C51H32N4S/c1-2-14-34(15-3-1)38-18-4-5-22-43(38)50-52-49(53-51(54-50)44-24-13-23-42-41-21-8-11-27-47(41)56-48(42)44)35-30-28-33(29-31-35)36-16-12-17-37(32-36)55-45-25-9-6-19-39(45)40-20-7-10-26-46(40)55/h1-32H. The summed E-state index contributed by atoms with van der Waals surface area (Å²) in [4.78, 5) is 15.6. The van der Waals surface area contributed by atoms with Crippen LogP contribution in [0.4, 0.5) is 0 Å². The Morgan fingerprint density at radius 3 is 1.64 bits per heavy atom. The molecule has 0 fully saturated rings. The second kappa shape index (κ2) is 13.3. The van der Waals surface area contributed by atoms with Crippen LogP contribution in [0.1, 0.15) is 0 Å². The average Bonchev–Trinajstić information content (AvgIpc) is 3.83. The first kappa shape index (κ1) is 32.2. The molecule has 5 heteroatoms. The number of hydrogen-bond donors (Lipinski definition) is 0. The summed E-state index contributed by atoms with van der Waals surface area (Å²) in [7, 11) is 0. The summed E-state index contributed by atoms with van der Waals surface area (Å²) in [6.07, 6.45) is 0. The molecule has 8 aromatic carbocycles. The molecule has 0 spiro atoms. The molecule has 0 aliphatic rings. The Hall–Kier alpha value is -7.21. The molecule has 0 unspecified atom stereocenters. The zero-order valence-corrected chi connectivity index (χ0v) is 31.0. The number of fused-ring (bicyclic) bond motifs is 6. The number of benzene rings is 8. The molecule has 0 saturated carbocycles. The highest BCUT2D eigenvalue weighted by molar-refractivity contribution is 7.26. The van der Waals surface area contributed by atoms with Crippen LogP contribution in [0.25, 0.3) is 104 Å². The van der Waals surface area contributed by atoms with Crippen molar-refractivity contribution in [1.82, 2.24) is 19.5 Å². The number of para-hydroxylation sites is 2. The molecule has 11 aromatic rings. The van der Waals surface area contributed by atoms with E-state index in [1.54, 1.807) is 11.3 Å². The van der Waals surface area contributed by atoms with Crippen molar-refractivity contribution in [2.75, 3.05) is 0 Å². The maximum absolute atomic E-state index is 5.23. The van der Waals surface area contributed by atoms with E-state index >= 15 is 0 Å². The summed E-state index contributed by atoms with van der Waals surface area (Å²) >= 11 is 1.78. The largest absolute Gasteiger partial charge is 0.309 e. The van der Waals surface area contributed by atoms with Gasteiger partial charge in [0, 0.05) is 53.3 Å². The summed E-state index contributed by atoms with van der Waals surface area (Å²) in [6.45, 7) is 0. The minimum absolute atomic E-state index is 0.636.